The quantitative estimate of drug-likeness (QED) is 0.704. The van der Waals surface area contributed by atoms with Crippen molar-refractivity contribution in [3.05, 3.63) is 36.2 Å². The Balaban J connectivity index is 1.41. The molecular weight excluding hydrogens is 376 g/mol. The SMILES string of the molecule is CCn1cc(CN2C[C@H](c3cn(C(C)C)cn3)[C@]3(CCN(CC4CC4)C3=O)C2)cn1. The number of hydrogen-bond donors (Lipinski definition) is 0. The Kier molecular flexibility index (Phi) is 4.96. The van der Waals surface area contributed by atoms with Crippen LogP contribution in [-0.4, -0.2) is 61.2 Å². The Bertz CT molecular complexity index is 912. The number of carbonyl (C=O) groups excluding carboxylic acids is 1. The lowest BCUT2D eigenvalue weighted by Crippen LogP contribution is -2.40. The predicted molar refractivity (Wildman–Crippen MR) is 115 cm³/mol. The summed E-state index contributed by atoms with van der Waals surface area (Å²) in [5, 5.41) is 4.43. The standard InChI is InChI=1S/C23H34N6O/c1-4-29-12-19(9-25-29)10-26-13-20(21-14-28(16-24-21)17(2)3)23(15-26)7-8-27(22(23)30)11-18-5-6-18/h9,12,14,16-18,20H,4-8,10-11,13,15H2,1-3H3/t20-,23+/m1/s1. The van der Waals surface area contributed by atoms with Gasteiger partial charge in [0.05, 0.1) is 23.6 Å². The predicted octanol–water partition coefficient (Wildman–Crippen LogP) is 2.91. The van der Waals surface area contributed by atoms with Gasteiger partial charge in [0.25, 0.3) is 0 Å². The Hall–Kier alpha value is -2.15. The molecule has 1 saturated carbocycles. The van der Waals surface area contributed by atoms with Crippen LogP contribution in [0.5, 0.6) is 0 Å². The molecule has 2 saturated heterocycles. The third-order valence-electron chi connectivity index (χ3n) is 7.32. The highest BCUT2D eigenvalue weighted by atomic mass is 16.2. The van der Waals surface area contributed by atoms with Gasteiger partial charge in [0.15, 0.2) is 0 Å². The molecular formula is C23H34N6O. The number of amides is 1. The number of imidazole rings is 1. The van der Waals surface area contributed by atoms with Gasteiger partial charge in [0.2, 0.25) is 5.91 Å². The third kappa shape index (κ3) is 3.47. The number of aryl methyl sites for hydroxylation is 1. The van der Waals surface area contributed by atoms with Gasteiger partial charge in [-0.2, -0.15) is 5.10 Å². The average Bonchev–Trinajstić information content (AvgIpc) is 3.09. The molecule has 7 nitrogen and oxygen atoms in total. The number of likely N-dealkylation sites (tertiary alicyclic amines) is 2. The molecule has 3 fully saturated rings. The summed E-state index contributed by atoms with van der Waals surface area (Å²) >= 11 is 0. The zero-order valence-corrected chi connectivity index (χ0v) is 18.5. The zero-order chi connectivity index (χ0) is 20.9. The molecule has 3 aliphatic rings. The van der Waals surface area contributed by atoms with E-state index in [9.17, 15) is 4.79 Å². The minimum atomic E-state index is -0.328. The minimum absolute atomic E-state index is 0.162. The number of aromatic nitrogens is 4. The number of hydrogen-bond acceptors (Lipinski definition) is 4. The summed E-state index contributed by atoms with van der Waals surface area (Å²) in [6, 6.07) is 0.380. The molecule has 1 spiro atoms. The van der Waals surface area contributed by atoms with E-state index < -0.39 is 0 Å². The van der Waals surface area contributed by atoms with Crippen LogP contribution in [0.25, 0.3) is 0 Å². The third-order valence-corrected chi connectivity index (χ3v) is 7.32. The molecule has 1 aliphatic carbocycles. The summed E-state index contributed by atoms with van der Waals surface area (Å²) in [6.07, 6.45) is 11.7. The van der Waals surface area contributed by atoms with Gasteiger partial charge < -0.3 is 9.47 Å². The molecule has 1 amide bonds. The van der Waals surface area contributed by atoms with Gasteiger partial charge in [-0.05, 0) is 46.0 Å². The Morgan fingerprint density at radius 2 is 2.10 bits per heavy atom. The van der Waals surface area contributed by atoms with Crippen LogP contribution in [0.1, 0.15) is 63.3 Å². The molecule has 0 bridgehead atoms. The zero-order valence-electron chi connectivity index (χ0n) is 18.5. The van der Waals surface area contributed by atoms with Crippen LogP contribution in [0, 0.1) is 11.3 Å². The maximum Gasteiger partial charge on any atom is 0.230 e. The molecule has 4 heterocycles. The van der Waals surface area contributed by atoms with Crippen molar-refractivity contribution in [2.24, 2.45) is 11.3 Å². The minimum Gasteiger partial charge on any atom is -0.342 e. The molecule has 2 aromatic heterocycles. The van der Waals surface area contributed by atoms with E-state index in [2.05, 4.69) is 52.6 Å². The van der Waals surface area contributed by atoms with Crippen LogP contribution in [-0.2, 0) is 17.9 Å². The summed E-state index contributed by atoms with van der Waals surface area (Å²) in [4.78, 5) is 23.1. The first-order valence-corrected chi connectivity index (χ1v) is 11.5. The monoisotopic (exact) mass is 410 g/mol. The maximum atomic E-state index is 13.7. The lowest BCUT2D eigenvalue weighted by Gasteiger charge is -2.28. The van der Waals surface area contributed by atoms with E-state index in [0.717, 1.165) is 57.3 Å². The molecule has 2 atom stereocenters. The van der Waals surface area contributed by atoms with Crippen LogP contribution < -0.4 is 0 Å². The summed E-state index contributed by atoms with van der Waals surface area (Å²) in [5.41, 5.74) is 1.98. The van der Waals surface area contributed by atoms with E-state index in [1.54, 1.807) is 0 Å². The first-order valence-electron chi connectivity index (χ1n) is 11.5. The molecule has 7 heteroatoms. The summed E-state index contributed by atoms with van der Waals surface area (Å²) in [6.45, 7) is 11.7. The van der Waals surface area contributed by atoms with Gasteiger partial charge in [-0.3, -0.25) is 14.4 Å². The van der Waals surface area contributed by atoms with E-state index in [0.29, 0.717) is 11.9 Å². The highest BCUT2D eigenvalue weighted by Crippen LogP contribution is 2.50. The normalized spacial score (nSPS) is 27.3. The first kappa shape index (κ1) is 19.8. The Morgan fingerprint density at radius 1 is 1.27 bits per heavy atom. The largest absolute Gasteiger partial charge is 0.342 e. The average molecular weight is 411 g/mol. The van der Waals surface area contributed by atoms with Crippen molar-refractivity contribution in [3.63, 3.8) is 0 Å². The van der Waals surface area contributed by atoms with Gasteiger partial charge in [-0.25, -0.2) is 4.98 Å². The van der Waals surface area contributed by atoms with E-state index in [4.69, 9.17) is 4.98 Å². The molecule has 5 rings (SSSR count). The van der Waals surface area contributed by atoms with Crippen LogP contribution >= 0.6 is 0 Å². The van der Waals surface area contributed by atoms with Crippen LogP contribution in [0.3, 0.4) is 0 Å². The van der Waals surface area contributed by atoms with Crippen LogP contribution in [0.15, 0.2) is 24.9 Å². The van der Waals surface area contributed by atoms with Crippen molar-refractivity contribution < 1.29 is 4.79 Å². The molecule has 0 radical (unpaired) electrons. The summed E-state index contributed by atoms with van der Waals surface area (Å²) < 4.78 is 4.14. The topological polar surface area (TPSA) is 59.2 Å². The molecule has 2 aliphatic heterocycles. The van der Waals surface area contributed by atoms with Gasteiger partial charge in [-0.15, -0.1) is 0 Å². The van der Waals surface area contributed by atoms with Gasteiger partial charge in [0, 0.05) is 69.2 Å². The van der Waals surface area contributed by atoms with Gasteiger partial charge in [-0.1, -0.05) is 0 Å². The highest BCUT2D eigenvalue weighted by molar-refractivity contribution is 5.87. The Morgan fingerprint density at radius 3 is 2.77 bits per heavy atom. The smallest absolute Gasteiger partial charge is 0.230 e. The van der Waals surface area contributed by atoms with Gasteiger partial charge in [0.1, 0.15) is 0 Å². The second kappa shape index (κ2) is 7.52. The van der Waals surface area contributed by atoms with Crippen LogP contribution in [0.2, 0.25) is 0 Å². The van der Waals surface area contributed by atoms with Crippen molar-refractivity contribution in [1.82, 2.24) is 29.1 Å². The van der Waals surface area contributed by atoms with E-state index in [-0.39, 0.29) is 11.3 Å². The Labute approximate surface area is 179 Å². The van der Waals surface area contributed by atoms with E-state index in [1.807, 2.05) is 17.2 Å². The van der Waals surface area contributed by atoms with Crippen molar-refractivity contribution in [1.29, 1.82) is 0 Å². The molecule has 0 N–H and O–H groups in total. The lowest BCUT2D eigenvalue weighted by atomic mass is 9.75. The fourth-order valence-corrected chi connectivity index (χ4v) is 5.35. The fraction of sp³-hybridized carbons (Fsp3) is 0.696. The lowest BCUT2D eigenvalue weighted by molar-refractivity contribution is -0.136. The number of rotatable bonds is 7. The maximum absolute atomic E-state index is 13.7. The van der Waals surface area contributed by atoms with Gasteiger partial charge >= 0.3 is 0 Å². The summed E-state index contributed by atoms with van der Waals surface area (Å²) in [7, 11) is 0. The first-order chi connectivity index (χ1) is 14.5. The van der Waals surface area contributed by atoms with Crippen molar-refractivity contribution in [2.75, 3.05) is 26.2 Å². The van der Waals surface area contributed by atoms with E-state index in [1.165, 1.54) is 18.4 Å². The molecule has 162 valence electrons. The van der Waals surface area contributed by atoms with E-state index >= 15 is 0 Å². The number of carbonyl (C=O) groups is 1. The molecule has 0 unspecified atom stereocenters. The molecule has 30 heavy (non-hydrogen) atoms. The highest BCUT2D eigenvalue weighted by Gasteiger charge is 2.58. The van der Waals surface area contributed by atoms with Crippen molar-refractivity contribution in [3.8, 4) is 0 Å². The second-order valence-electron chi connectivity index (χ2n) is 9.87. The molecule has 0 aromatic carbocycles. The van der Waals surface area contributed by atoms with Crippen molar-refractivity contribution >= 4 is 5.91 Å². The number of nitrogens with zero attached hydrogens (tertiary/aromatic N) is 6. The van der Waals surface area contributed by atoms with Crippen molar-refractivity contribution in [2.45, 2.75) is 65.1 Å². The fourth-order valence-electron chi connectivity index (χ4n) is 5.35. The summed E-state index contributed by atoms with van der Waals surface area (Å²) in [5.74, 6) is 1.26. The van der Waals surface area contributed by atoms with Crippen LogP contribution in [0.4, 0.5) is 0 Å². The molecule has 2 aromatic rings. The second-order valence-corrected chi connectivity index (χ2v) is 9.87.